The molecule has 108 valence electrons. The van der Waals surface area contributed by atoms with Crippen molar-refractivity contribution in [3.8, 4) is 11.5 Å². The SMILES string of the molecule is COc1ccc(OCC(O)CN2CCCC2)cc1.[Cl-]. The van der Waals surface area contributed by atoms with E-state index in [0.29, 0.717) is 13.2 Å². The van der Waals surface area contributed by atoms with E-state index < -0.39 is 6.10 Å². The normalized spacial score (nSPS) is 16.7. The van der Waals surface area contributed by atoms with Crippen LogP contribution < -0.4 is 21.9 Å². The minimum absolute atomic E-state index is 0. The molecule has 1 N–H and O–H groups in total. The van der Waals surface area contributed by atoms with Crippen LogP contribution in [0.4, 0.5) is 0 Å². The number of hydrogen-bond donors (Lipinski definition) is 1. The number of benzene rings is 1. The van der Waals surface area contributed by atoms with Crippen LogP contribution in [0.15, 0.2) is 24.3 Å². The Morgan fingerprint density at radius 2 is 1.74 bits per heavy atom. The van der Waals surface area contributed by atoms with Crippen molar-refractivity contribution in [3.63, 3.8) is 0 Å². The molecule has 1 aliphatic rings. The van der Waals surface area contributed by atoms with Crippen LogP contribution in [0.5, 0.6) is 11.5 Å². The standard InChI is InChI=1S/C14H21NO3.ClH/c1-17-13-4-6-14(7-5-13)18-11-12(16)10-15-8-2-3-9-15;/h4-7,12,16H,2-3,8-11H2,1H3;1H/p-1. The highest BCUT2D eigenvalue weighted by Gasteiger charge is 2.15. The minimum atomic E-state index is -0.426. The summed E-state index contributed by atoms with van der Waals surface area (Å²) >= 11 is 0. The fraction of sp³-hybridized carbons (Fsp3) is 0.571. The van der Waals surface area contributed by atoms with Gasteiger partial charge in [-0.25, -0.2) is 0 Å². The summed E-state index contributed by atoms with van der Waals surface area (Å²) in [6.07, 6.45) is 2.06. The number of likely N-dealkylation sites (tertiary alicyclic amines) is 1. The van der Waals surface area contributed by atoms with E-state index in [9.17, 15) is 5.11 Å². The van der Waals surface area contributed by atoms with Gasteiger partial charge in [-0.1, -0.05) is 0 Å². The lowest BCUT2D eigenvalue weighted by atomic mass is 10.3. The Morgan fingerprint density at radius 1 is 1.16 bits per heavy atom. The highest BCUT2D eigenvalue weighted by atomic mass is 35.5. The first-order valence-corrected chi connectivity index (χ1v) is 6.45. The molecule has 2 rings (SSSR count). The first-order chi connectivity index (χ1) is 8.78. The fourth-order valence-electron chi connectivity index (χ4n) is 2.18. The van der Waals surface area contributed by atoms with Crippen molar-refractivity contribution in [2.24, 2.45) is 0 Å². The number of β-amino-alcohol motifs (C(OH)–C–C–N with tert-alkyl or cyclic N) is 1. The number of ether oxygens (including phenoxy) is 2. The molecule has 5 heteroatoms. The van der Waals surface area contributed by atoms with Crippen molar-refractivity contribution < 1.29 is 27.0 Å². The summed E-state index contributed by atoms with van der Waals surface area (Å²) < 4.78 is 10.6. The quantitative estimate of drug-likeness (QED) is 0.694. The van der Waals surface area contributed by atoms with Crippen molar-refractivity contribution in [1.29, 1.82) is 0 Å². The minimum Gasteiger partial charge on any atom is -1.00 e. The predicted octanol–water partition coefficient (Wildman–Crippen LogP) is -1.47. The third-order valence-electron chi connectivity index (χ3n) is 3.17. The van der Waals surface area contributed by atoms with Crippen LogP contribution in [0, 0.1) is 0 Å². The smallest absolute Gasteiger partial charge is 0.119 e. The summed E-state index contributed by atoms with van der Waals surface area (Å²) in [6, 6.07) is 7.40. The van der Waals surface area contributed by atoms with E-state index in [1.165, 1.54) is 12.8 Å². The molecule has 0 amide bonds. The number of aliphatic hydroxyl groups is 1. The zero-order chi connectivity index (χ0) is 12.8. The average molecular weight is 287 g/mol. The van der Waals surface area contributed by atoms with E-state index in [1.54, 1.807) is 7.11 Å². The van der Waals surface area contributed by atoms with Gasteiger partial charge >= 0.3 is 0 Å². The lowest BCUT2D eigenvalue weighted by Gasteiger charge is -2.19. The lowest BCUT2D eigenvalue weighted by Crippen LogP contribution is -3.00. The zero-order valence-corrected chi connectivity index (χ0v) is 12.0. The largest absolute Gasteiger partial charge is 1.00 e. The first kappa shape index (κ1) is 16.1. The van der Waals surface area contributed by atoms with Crippen LogP contribution in [0.2, 0.25) is 0 Å². The summed E-state index contributed by atoms with van der Waals surface area (Å²) in [7, 11) is 1.63. The Kier molecular flexibility index (Phi) is 6.99. The second kappa shape index (κ2) is 8.25. The van der Waals surface area contributed by atoms with Crippen molar-refractivity contribution in [2.75, 3.05) is 33.4 Å². The number of halogens is 1. The second-order valence-electron chi connectivity index (χ2n) is 4.65. The number of hydrogen-bond acceptors (Lipinski definition) is 4. The van der Waals surface area contributed by atoms with E-state index in [1.807, 2.05) is 24.3 Å². The van der Waals surface area contributed by atoms with E-state index in [2.05, 4.69) is 4.90 Å². The summed E-state index contributed by atoms with van der Waals surface area (Å²) in [5.41, 5.74) is 0. The maximum atomic E-state index is 9.88. The van der Waals surface area contributed by atoms with Crippen LogP contribution >= 0.6 is 0 Å². The third-order valence-corrected chi connectivity index (χ3v) is 3.17. The van der Waals surface area contributed by atoms with Crippen LogP contribution in [-0.2, 0) is 0 Å². The van der Waals surface area contributed by atoms with Gasteiger partial charge in [0.1, 0.15) is 24.2 Å². The summed E-state index contributed by atoms with van der Waals surface area (Å²) in [4.78, 5) is 2.28. The van der Waals surface area contributed by atoms with Gasteiger partial charge in [0.25, 0.3) is 0 Å². The summed E-state index contributed by atoms with van der Waals surface area (Å²) in [6.45, 7) is 3.23. The van der Waals surface area contributed by atoms with Crippen molar-refractivity contribution in [1.82, 2.24) is 4.90 Å². The molecule has 1 fully saturated rings. The molecule has 1 atom stereocenters. The van der Waals surface area contributed by atoms with Gasteiger partial charge < -0.3 is 31.9 Å². The van der Waals surface area contributed by atoms with Gasteiger partial charge in [-0.3, -0.25) is 0 Å². The molecule has 0 spiro atoms. The molecule has 1 aromatic rings. The molecule has 0 aromatic heterocycles. The predicted molar refractivity (Wildman–Crippen MR) is 70.2 cm³/mol. The fourth-order valence-corrected chi connectivity index (χ4v) is 2.18. The molecule has 1 aliphatic heterocycles. The summed E-state index contributed by atoms with van der Waals surface area (Å²) in [5.74, 6) is 1.57. The molecule has 0 radical (unpaired) electrons. The molecule has 19 heavy (non-hydrogen) atoms. The van der Waals surface area contributed by atoms with Gasteiger partial charge in [-0.05, 0) is 50.2 Å². The Morgan fingerprint density at radius 3 is 2.32 bits per heavy atom. The molecular weight excluding hydrogens is 266 g/mol. The Balaban J connectivity index is 0.00000180. The molecule has 0 bridgehead atoms. The van der Waals surface area contributed by atoms with Gasteiger partial charge in [0.05, 0.1) is 7.11 Å². The van der Waals surface area contributed by atoms with Crippen LogP contribution in [-0.4, -0.2) is 49.5 Å². The van der Waals surface area contributed by atoms with E-state index in [0.717, 1.165) is 24.6 Å². The molecule has 0 saturated carbocycles. The summed E-state index contributed by atoms with van der Waals surface area (Å²) in [5, 5.41) is 9.88. The first-order valence-electron chi connectivity index (χ1n) is 6.45. The molecule has 1 saturated heterocycles. The van der Waals surface area contributed by atoms with Gasteiger partial charge in [0.15, 0.2) is 0 Å². The Bertz CT molecular complexity index is 352. The van der Waals surface area contributed by atoms with E-state index >= 15 is 0 Å². The molecule has 4 nitrogen and oxygen atoms in total. The molecule has 1 unspecified atom stereocenters. The van der Waals surface area contributed by atoms with Crippen molar-refractivity contribution in [3.05, 3.63) is 24.3 Å². The van der Waals surface area contributed by atoms with Crippen molar-refractivity contribution in [2.45, 2.75) is 18.9 Å². The van der Waals surface area contributed by atoms with Gasteiger partial charge in [0.2, 0.25) is 0 Å². The van der Waals surface area contributed by atoms with E-state index in [-0.39, 0.29) is 12.4 Å². The van der Waals surface area contributed by atoms with Gasteiger partial charge in [-0.15, -0.1) is 0 Å². The highest BCUT2D eigenvalue weighted by molar-refractivity contribution is 5.31. The molecule has 1 aromatic carbocycles. The average Bonchev–Trinajstić information content (AvgIpc) is 2.90. The van der Waals surface area contributed by atoms with Crippen LogP contribution in [0.3, 0.4) is 0 Å². The Hall–Kier alpha value is -0.970. The zero-order valence-electron chi connectivity index (χ0n) is 11.2. The molecular formula is C14H21ClNO3-. The molecule has 1 heterocycles. The number of rotatable bonds is 6. The number of aliphatic hydroxyl groups excluding tert-OH is 1. The molecule has 0 aliphatic carbocycles. The van der Waals surface area contributed by atoms with Gasteiger partial charge in [-0.2, -0.15) is 0 Å². The highest BCUT2D eigenvalue weighted by Crippen LogP contribution is 2.17. The maximum Gasteiger partial charge on any atom is 0.119 e. The number of nitrogens with zero attached hydrogens (tertiary/aromatic N) is 1. The van der Waals surface area contributed by atoms with E-state index in [4.69, 9.17) is 9.47 Å². The van der Waals surface area contributed by atoms with Crippen LogP contribution in [0.1, 0.15) is 12.8 Å². The monoisotopic (exact) mass is 286 g/mol. The van der Waals surface area contributed by atoms with Crippen LogP contribution in [0.25, 0.3) is 0 Å². The second-order valence-corrected chi connectivity index (χ2v) is 4.65. The lowest BCUT2D eigenvalue weighted by molar-refractivity contribution is -0.00000626. The van der Waals surface area contributed by atoms with Crippen molar-refractivity contribution >= 4 is 0 Å². The number of methoxy groups -OCH3 is 1. The topological polar surface area (TPSA) is 41.9 Å². The maximum absolute atomic E-state index is 9.88. The van der Waals surface area contributed by atoms with Gasteiger partial charge in [0, 0.05) is 6.54 Å². The third kappa shape index (κ3) is 5.27. The Labute approximate surface area is 120 Å².